The summed E-state index contributed by atoms with van der Waals surface area (Å²) in [4.78, 5) is 26.6. The molecular formula is C7H17IN4O3P-. The van der Waals surface area contributed by atoms with Crippen molar-refractivity contribution < 1.29 is 14.5 Å². The minimum absolute atomic E-state index is 0.0947. The minimum atomic E-state index is -1.32. The van der Waals surface area contributed by atoms with Crippen LogP contribution in [0.4, 0.5) is 0 Å². The van der Waals surface area contributed by atoms with Crippen LogP contribution < -0.4 is 26.3 Å². The van der Waals surface area contributed by atoms with Crippen molar-refractivity contribution >= 4 is 33.7 Å². The van der Waals surface area contributed by atoms with Gasteiger partial charge in [-0.3, -0.25) is 14.9 Å². The average molecular weight is 363 g/mol. The van der Waals surface area contributed by atoms with Gasteiger partial charge in [0, 0.05) is 0 Å². The summed E-state index contributed by atoms with van der Waals surface area (Å²) in [6, 6.07) is 0. The fourth-order valence-corrected chi connectivity index (χ4v) is 1.33. The van der Waals surface area contributed by atoms with E-state index in [0.29, 0.717) is 13.3 Å². The number of carbonyl (C=O) groups is 1. The first-order chi connectivity index (χ1) is 7.66. The molecule has 0 saturated heterocycles. The van der Waals surface area contributed by atoms with Crippen LogP contribution in [0.2, 0.25) is 0 Å². The first-order valence-electron chi connectivity index (χ1n) is 4.80. The molecule has 0 bridgehead atoms. The van der Waals surface area contributed by atoms with Crippen LogP contribution in [0.1, 0.15) is 6.92 Å². The molecule has 16 heavy (non-hydrogen) atoms. The molecule has 0 rings (SSSR count). The summed E-state index contributed by atoms with van der Waals surface area (Å²) in [6.07, 6.45) is 0.157. The van der Waals surface area contributed by atoms with Gasteiger partial charge in [-0.1, -0.05) is 29.0 Å². The zero-order valence-electron chi connectivity index (χ0n) is 9.09. The monoisotopic (exact) mass is 363 g/mol. The average Bonchev–Trinajstić information content (AvgIpc) is 2.23. The summed E-state index contributed by atoms with van der Waals surface area (Å²) < 4.78 is 0. The van der Waals surface area contributed by atoms with Crippen LogP contribution in [0.15, 0.2) is 0 Å². The second-order valence-electron chi connectivity index (χ2n) is 2.72. The maximum Gasteiger partial charge on any atom is 0.234 e. The van der Waals surface area contributed by atoms with Gasteiger partial charge in [0.25, 0.3) is 0 Å². The Kier molecular flexibility index (Phi) is 12.2. The van der Waals surface area contributed by atoms with Crippen LogP contribution in [-0.2, 0) is 9.63 Å². The molecule has 0 spiro atoms. The molecule has 0 aromatic heterocycles. The van der Waals surface area contributed by atoms with Gasteiger partial charge in [-0.25, -0.2) is 0 Å². The molecule has 0 radical (unpaired) electrons. The predicted octanol–water partition coefficient (Wildman–Crippen LogP) is -1.20. The van der Waals surface area contributed by atoms with Gasteiger partial charge in [-0.05, 0) is 6.54 Å². The van der Waals surface area contributed by atoms with Crippen LogP contribution in [0.25, 0.3) is 0 Å². The summed E-state index contributed by atoms with van der Waals surface area (Å²) in [5.41, 5.74) is 2.54. The molecule has 96 valence electrons. The van der Waals surface area contributed by atoms with Crippen molar-refractivity contribution in [3.8, 4) is 0 Å². The summed E-state index contributed by atoms with van der Waals surface area (Å²) in [6.45, 7) is 3.78. The quantitative estimate of drug-likeness (QED) is 0.128. The largest absolute Gasteiger partial charge is 0.820 e. The third-order valence-corrected chi connectivity index (χ3v) is 2.58. The molecule has 1 unspecified atom stereocenters. The van der Waals surface area contributed by atoms with Crippen molar-refractivity contribution in [1.29, 1.82) is 0 Å². The first-order valence-corrected chi connectivity index (χ1v) is 9.03. The summed E-state index contributed by atoms with van der Waals surface area (Å²) >= 11 is 1.79. The number of amides is 1. The van der Waals surface area contributed by atoms with Gasteiger partial charge in [-0.2, -0.15) is 5.48 Å². The molecular weight excluding hydrogens is 346 g/mol. The van der Waals surface area contributed by atoms with E-state index in [1.165, 1.54) is 0 Å². The fraction of sp³-hybridized carbons (Fsp3) is 0.857. The van der Waals surface area contributed by atoms with Crippen LogP contribution in [-0.4, -0.2) is 38.7 Å². The van der Waals surface area contributed by atoms with Gasteiger partial charge >= 0.3 is 0 Å². The molecule has 0 heterocycles. The van der Waals surface area contributed by atoms with Gasteiger partial charge in [-0.15, -0.1) is 5.79 Å². The highest BCUT2D eigenvalue weighted by molar-refractivity contribution is 14.2. The maximum absolute atomic E-state index is 11.1. The number of rotatable bonds is 10. The van der Waals surface area contributed by atoms with E-state index in [1.54, 1.807) is 22.0 Å². The SMILES string of the molecule is CCNCNC(=O)CNCNOCP([O-])I. The lowest BCUT2D eigenvalue weighted by Crippen LogP contribution is -2.41. The van der Waals surface area contributed by atoms with E-state index in [9.17, 15) is 9.69 Å². The van der Waals surface area contributed by atoms with Gasteiger partial charge in [0.2, 0.25) is 5.91 Å². The van der Waals surface area contributed by atoms with Crippen LogP contribution in [0.5, 0.6) is 0 Å². The van der Waals surface area contributed by atoms with Crippen LogP contribution in [0, 0.1) is 0 Å². The van der Waals surface area contributed by atoms with Crippen LogP contribution >= 0.6 is 27.8 Å². The molecule has 4 N–H and O–H groups in total. The van der Waals surface area contributed by atoms with Gasteiger partial charge in [0.15, 0.2) is 0 Å². The molecule has 9 heteroatoms. The van der Waals surface area contributed by atoms with E-state index in [2.05, 4.69) is 21.4 Å². The maximum atomic E-state index is 11.1. The van der Waals surface area contributed by atoms with E-state index in [-0.39, 0.29) is 18.8 Å². The minimum Gasteiger partial charge on any atom is -0.820 e. The summed E-state index contributed by atoms with van der Waals surface area (Å²) in [7, 11) is 0. The van der Waals surface area contributed by atoms with E-state index in [0.717, 1.165) is 6.54 Å². The molecule has 1 amide bonds. The topological polar surface area (TPSA) is 97.5 Å². The lowest BCUT2D eigenvalue weighted by molar-refractivity contribution is -0.157. The Bertz CT molecular complexity index is 187. The Labute approximate surface area is 109 Å². The third-order valence-electron chi connectivity index (χ3n) is 1.41. The van der Waals surface area contributed by atoms with Gasteiger partial charge in [0.1, 0.15) is 0 Å². The second-order valence-corrected chi connectivity index (χ2v) is 6.84. The Hall–Kier alpha value is 0.430. The molecule has 0 aromatic rings. The van der Waals surface area contributed by atoms with Crippen LogP contribution in [0.3, 0.4) is 0 Å². The number of hydroxylamine groups is 1. The molecule has 0 aliphatic rings. The molecule has 1 atom stereocenters. The predicted molar refractivity (Wildman–Crippen MR) is 69.6 cm³/mol. The Morgan fingerprint density at radius 2 is 2.19 bits per heavy atom. The highest BCUT2D eigenvalue weighted by atomic mass is 127. The van der Waals surface area contributed by atoms with Crippen molar-refractivity contribution in [2.75, 3.05) is 32.8 Å². The van der Waals surface area contributed by atoms with Crippen molar-refractivity contribution in [3.05, 3.63) is 0 Å². The number of halogens is 1. The Morgan fingerprint density at radius 3 is 2.81 bits per heavy atom. The highest BCUT2D eigenvalue weighted by Gasteiger charge is 1.97. The molecule has 0 aliphatic heterocycles. The highest BCUT2D eigenvalue weighted by Crippen LogP contribution is 2.33. The molecule has 0 saturated carbocycles. The summed E-state index contributed by atoms with van der Waals surface area (Å²) in [5.74, 6) is -1.42. The van der Waals surface area contributed by atoms with Crippen molar-refractivity contribution in [2.24, 2.45) is 0 Å². The number of hydrogen-bond donors (Lipinski definition) is 4. The summed E-state index contributed by atoms with van der Waals surface area (Å²) in [5, 5.41) is 8.45. The number of nitrogens with one attached hydrogen (secondary N) is 4. The second kappa shape index (κ2) is 11.9. The van der Waals surface area contributed by atoms with E-state index in [4.69, 9.17) is 4.84 Å². The van der Waals surface area contributed by atoms with Crippen molar-refractivity contribution in [1.82, 2.24) is 21.4 Å². The van der Waals surface area contributed by atoms with Crippen molar-refractivity contribution in [2.45, 2.75) is 6.92 Å². The zero-order chi connectivity index (χ0) is 12.2. The first kappa shape index (κ1) is 16.4. The van der Waals surface area contributed by atoms with E-state index >= 15 is 0 Å². The Morgan fingerprint density at radius 1 is 1.44 bits per heavy atom. The molecule has 0 aromatic carbocycles. The van der Waals surface area contributed by atoms with Gasteiger partial charge in [0.05, 0.1) is 26.2 Å². The molecule has 7 nitrogen and oxygen atoms in total. The normalized spacial score (nSPS) is 12.4. The molecule has 0 aliphatic carbocycles. The van der Waals surface area contributed by atoms with E-state index in [1.807, 2.05) is 6.92 Å². The number of carbonyl (C=O) groups excluding carboxylic acids is 1. The Balaban J connectivity index is 3.15. The van der Waals surface area contributed by atoms with Crippen molar-refractivity contribution in [3.63, 3.8) is 0 Å². The third kappa shape index (κ3) is 12.5. The lowest BCUT2D eigenvalue weighted by atomic mass is 10.6. The zero-order valence-corrected chi connectivity index (χ0v) is 12.1. The standard InChI is InChI=1S/C7H17IN4O3P/c1-2-9-4-11-7(13)3-10-5-12-15-6-16(8)14/h9-10,12H,2-6H2,1H3,(H,11,13)/q-1. The molecule has 0 fully saturated rings. The van der Waals surface area contributed by atoms with E-state index < -0.39 is 5.79 Å². The number of hydrogen-bond acceptors (Lipinski definition) is 6. The smallest absolute Gasteiger partial charge is 0.234 e. The van der Waals surface area contributed by atoms with Gasteiger partial charge < -0.3 is 15.5 Å². The lowest BCUT2D eigenvalue weighted by Gasteiger charge is -2.14. The fourth-order valence-electron chi connectivity index (χ4n) is 0.723.